The molecular formula is C10H15NO3. The van der Waals surface area contributed by atoms with Gasteiger partial charge < -0.3 is 10.1 Å². The lowest BCUT2D eigenvalue weighted by atomic mass is 10.1. The number of nitrogens with one attached hydrogen (secondary N) is 1. The van der Waals surface area contributed by atoms with Gasteiger partial charge in [0.05, 0.1) is 6.61 Å². The van der Waals surface area contributed by atoms with Gasteiger partial charge in [0.1, 0.15) is 0 Å². The first-order valence-electron chi connectivity index (χ1n) is 4.78. The van der Waals surface area contributed by atoms with Gasteiger partial charge in [0.25, 0.3) is 0 Å². The van der Waals surface area contributed by atoms with Gasteiger partial charge >= 0.3 is 5.97 Å². The summed E-state index contributed by atoms with van der Waals surface area (Å²) in [6.07, 6.45) is 3.05. The number of carbonyl (C=O) groups is 2. The van der Waals surface area contributed by atoms with E-state index in [1.54, 1.807) is 19.9 Å². The first-order chi connectivity index (χ1) is 6.63. The molecule has 4 heteroatoms. The summed E-state index contributed by atoms with van der Waals surface area (Å²) in [4.78, 5) is 22.1. The molecule has 1 fully saturated rings. The maximum Gasteiger partial charge on any atom is 0.333 e. The second-order valence-electron chi connectivity index (χ2n) is 3.28. The second-order valence-corrected chi connectivity index (χ2v) is 3.28. The van der Waals surface area contributed by atoms with Gasteiger partial charge in [0.15, 0.2) is 0 Å². The zero-order chi connectivity index (χ0) is 10.6. The van der Waals surface area contributed by atoms with E-state index in [2.05, 4.69) is 5.32 Å². The zero-order valence-electron chi connectivity index (χ0n) is 8.50. The third kappa shape index (κ3) is 2.87. The number of hydrogen-bond donors (Lipinski definition) is 1. The fourth-order valence-electron chi connectivity index (χ4n) is 1.38. The van der Waals surface area contributed by atoms with Gasteiger partial charge in [-0.1, -0.05) is 6.08 Å². The Hall–Kier alpha value is -1.32. The Bertz CT molecular complexity index is 271. The van der Waals surface area contributed by atoms with Crippen molar-refractivity contribution in [3.05, 3.63) is 11.6 Å². The molecule has 1 rings (SSSR count). The third-order valence-corrected chi connectivity index (χ3v) is 2.08. The van der Waals surface area contributed by atoms with E-state index >= 15 is 0 Å². The average molecular weight is 197 g/mol. The number of carbonyl (C=O) groups excluding carboxylic acids is 2. The van der Waals surface area contributed by atoms with Gasteiger partial charge in [0, 0.05) is 18.0 Å². The van der Waals surface area contributed by atoms with Gasteiger partial charge in [-0.2, -0.15) is 0 Å². The molecule has 0 bridgehead atoms. The Morgan fingerprint density at radius 2 is 2.43 bits per heavy atom. The molecule has 0 aromatic heterocycles. The van der Waals surface area contributed by atoms with Crippen molar-refractivity contribution in [3.8, 4) is 0 Å². The maximum atomic E-state index is 11.2. The van der Waals surface area contributed by atoms with Crippen LogP contribution in [0.3, 0.4) is 0 Å². The Labute approximate surface area is 83.3 Å². The summed E-state index contributed by atoms with van der Waals surface area (Å²) in [5.74, 6) is -0.267. The minimum absolute atomic E-state index is 0.00749. The van der Waals surface area contributed by atoms with E-state index in [1.807, 2.05) is 0 Å². The largest absolute Gasteiger partial charge is 0.463 e. The highest BCUT2D eigenvalue weighted by molar-refractivity contribution is 5.88. The summed E-state index contributed by atoms with van der Waals surface area (Å²) in [7, 11) is 0. The molecule has 1 atom stereocenters. The van der Waals surface area contributed by atoms with Crippen LogP contribution < -0.4 is 5.32 Å². The Morgan fingerprint density at radius 1 is 1.71 bits per heavy atom. The lowest BCUT2D eigenvalue weighted by Gasteiger charge is -2.06. The van der Waals surface area contributed by atoms with Crippen LogP contribution in [0.25, 0.3) is 0 Å². The van der Waals surface area contributed by atoms with Crippen LogP contribution in [0, 0.1) is 0 Å². The Kier molecular flexibility index (Phi) is 3.68. The van der Waals surface area contributed by atoms with Gasteiger partial charge in [-0.15, -0.1) is 0 Å². The van der Waals surface area contributed by atoms with Crippen molar-refractivity contribution in [2.24, 2.45) is 0 Å². The Balaban J connectivity index is 2.50. The number of hydrogen-bond acceptors (Lipinski definition) is 3. The highest BCUT2D eigenvalue weighted by Crippen LogP contribution is 2.10. The second kappa shape index (κ2) is 4.79. The van der Waals surface area contributed by atoms with Crippen LogP contribution in [0.5, 0.6) is 0 Å². The number of rotatable bonds is 3. The topological polar surface area (TPSA) is 55.4 Å². The zero-order valence-corrected chi connectivity index (χ0v) is 8.50. The molecule has 0 radical (unpaired) electrons. The van der Waals surface area contributed by atoms with Crippen LogP contribution >= 0.6 is 0 Å². The molecule has 1 heterocycles. The third-order valence-electron chi connectivity index (χ3n) is 2.08. The monoisotopic (exact) mass is 197 g/mol. The number of esters is 1. The summed E-state index contributed by atoms with van der Waals surface area (Å²) in [6, 6.07) is -0.00749. The molecule has 1 saturated heterocycles. The maximum absolute atomic E-state index is 11.2. The van der Waals surface area contributed by atoms with E-state index in [-0.39, 0.29) is 17.9 Å². The van der Waals surface area contributed by atoms with Crippen LogP contribution in [0.2, 0.25) is 0 Å². The molecule has 0 aromatic carbocycles. The molecule has 4 nitrogen and oxygen atoms in total. The lowest BCUT2D eigenvalue weighted by Crippen LogP contribution is -2.24. The fourth-order valence-corrected chi connectivity index (χ4v) is 1.38. The normalized spacial score (nSPS) is 22.0. The molecular weight excluding hydrogens is 182 g/mol. The van der Waals surface area contributed by atoms with Crippen LogP contribution in [-0.2, 0) is 14.3 Å². The highest BCUT2D eigenvalue weighted by Gasteiger charge is 2.19. The van der Waals surface area contributed by atoms with Gasteiger partial charge in [0.2, 0.25) is 5.91 Å². The standard InChI is InChI=1S/C10H15NO3/c1-3-14-10(13)7(2)6-8-4-5-9(12)11-8/h6,8H,3-5H2,1-2H3,(H,11,12)/b7-6+/t8-/m0/s1. The summed E-state index contributed by atoms with van der Waals surface area (Å²) in [6.45, 7) is 3.84. The van der Waals surface area contributed by atoms with Crippen molar-refractivity contribution in [2.45, 2.75) is 32.7 Å². The highest BCUT2D eigenvalue weighted by atomic mass is 16.5. The van der Waals surface area contributed by atoms with E-state index in [0.717, 1.165) is 6.42 Å². The van der Waals surface area contributed by atoms with Crippen molar-refractivity contribution < 1.29 is 14.3 Å². The van der Waals surface area contributed by atoms with E-state index in [4.69, 9.17) is 4.74 Å². The smallest absolute Gasteiger partial charge is 0.333 e. The number of ether oxygens (including phenoxy) is 1. The van der Waals surface area contributed by atoms with Crippen molar-refractivity contribution in [1.29, 1.82) is 0 Å². The summed E-state index contributed by atoms with van der Waals surface area (Å²) < 4.78 is 4.82. The first-order valence-corrected chi connectivity index (χ1v) is 4.78. The molecule has 0 aromatic rings. The average Bonchev–Trinajstić information content (AvgIpc) is 2.51. The van der Waals surface area contributed by atoms with Crippen molar-refractivity contribution >= 4 is 11.9 Å². The van der Waals surface area contributed by atoms with E-state index in [9.17, 15) is 9.59 Å². The molecule has 78 valence electrons. The molecule has 1 aliphatic heterocycles. The summed E-state index contributed by atoms with van der Waals surface area (Å²) in [5.41, 5.74) is 0.555. The van der Waals surface area contributed by atoms with Crippen molar-refractivity contribution in [2.75, 3.05) is 6.61 Å². The minimum atomic E-state index is -0.311. The molecule has 1 aliphatic rings. The number of amides is 1. The first kappa shape index (κ1) is 10.8. The molecule has 0 aliphatic carbocycles. The predicted octanol–water partition coefficient (Wildman–Crippen LogP) is 0.774. The van der Waals surface area contributed by atoms with Crippen molar-refractivity contribution in [1.82, 2.24) is 5.32 Å². The molecule has 0 spiro atoms. The molecule has 14 heavy (non-hydrogen) atoms. The lowest BCUT2D eigenvalue weighted by molar-refractivity contribution is -0.138. The van der Waals surface area contributed by atoms with E-state index in [1.165, 1.54) is 0 Å². The van der Waals surface area contributed by atoms with Gasteiger partial charge in [-0.3, -0.25) is 4.79 Å². The van der Waals surface area contributed by atoms with Crippen LogP contribution in [0.1, 0.15) is 26.7 Å². The van der Waals surface area contributed by atoms with Crippen LogP contribution in [0.4, 0.5) is 0 Å². The quantitative estimate of drug-likeness (QED) is 0.537. The summed E-state index contributed by atoms with van der Waals surface area (Å²) in [5, 5.41) is 2.76. The molecule has 1 N–H and O–H groups in total. The SMILES string of the molecule is CCOC(=O)/C(C)=C/[C@@H]1CCC(=O)N1. The summed E-state index contributed by atoms with van der Waals surface area (Å²) >= 11 is 0. The predicted molar refractivity (Wildman–Crippen MR) is 51.6 cm³/mol. The van der Waals surface area contributed by atoms with E-state index in [0.29, 0.717) is 18.6 Å². The fraction of sp³-hybridized carbons (Fsp3) is 0.600. The molecule has 1 amide bonds. The van der Waals surface area contributed by atoms with Gasteiger partial charge in [-0.25, -0.2) is 4.79 Å². The van der Waals surface area contributed by atoms with E-state index < -0.39 is 0 Å². The van der Waals surface area contributed by atoms with Crippen LogP contribution in [0.15, 0.2) is 11.6 Å². The molecule has 0 saturated carbocycles. The minimum Gasteiger partial charge on any atom is -0.463 e. The van der Waals surface area contributed by atoms with Gasteiger partial charge in [-0.05, 0) is 20.3 Å². The Morgan fingerprint density at radius 3 is 2.93 bits per heavy atom. The van der Waals surface area contributed by atoms with Crippen LogP contribution in [-0.4, -0.2) is 24.5 Å². The molecule has 0 unspecified atom stereocenters. The van der Waals surface area contributed by atoms with Crippen molar-refractivity contribution in [3.63, 3.8) is 0 Å².